The number of alkyl halides is 2. The molecule has 2 unspecified atom stereocenters. The van der Waals surface area contributed by atoms with Crippen molar-refractivity contribution in [3.63, 3.8) is 0 Å². The molecule has 0 radical (unpaired) electrons. The second-order valence-electron chi connectivity index (χ2n) is 7.84. The third-order valence-corrected chi connectivity index (χ3v) is 5.00. The number of halogens is 3. The maximum atomic E-state index is 12.9. The molecule has 1 aromatic rings. The maximum absolute atomic E-state index is 12.9. The topological polar surface area (TPSA) is 125 Å². The predicted octanol–water partition coefficient (Wildman–Crippen LogP) is 0.594. The van der Waals surface area contributed by atoms with E-state index in [1.165, 1.54) is 4.90 Å². The smallest absolute Gasteiger partial charge is 0.250 e. The summed E-state index contributed by atoms with van der Waals surface area (Å²) in [5, 5.41) is 14.8. The number of hydrogen-bond donors (Lipinski definition) is 4. The summed E-state index contributed by atoms with van der Waals surface area (Å²) in [6.07, 6.45) is -2.15. The number of likely N-dealkylation sites (N-methyl/N-ethyl adjacent to an activating group) is 1. The molecule has 2 rings (SSSR count). The summed E-state index contributed by atoms with van der Waals surface area (Å²) in [5.74, 6) is -4.90. The Balaban J connectivity index is 0.00000480. The van der Waals surface area contributed by atoms with Crippen LogP contribution in [0.15, 0.2) is 30.3 Å². The molecule has 5 N–H and O–H groups in total. The molecule has 0 aromatic heterocycles. The van der Waals surface area contributed by atoms with Crippen molar-refractivity contribution >= 4 is 30.1 Å². The van der Waals surface area contributed by atoms with E-state index in [1.54, 1.807) is 44.4 Å². The van der Waals surface area contributed by atoms with Crippen molar-refractivity contribution < 1.29 is 28.3 Å². The Kier molecular flexibility index (Phi) is 9.79. The lowest BCUT2D eigenvalue weighted by atomic mass is 9.77. The van der Waals surface area contributed by atoms with Crippen molar-refractivity contribution in [3.8, 4) is 0 Å². The van der Waals surface area contributed by atoms with Crippen molar-refractivity contribution in [2.75, 3.05) is 20.6 Å². The number of carbonyl (C=O) groups excluding carboxylic acids is 3. The second kappa shape index (κ2) is 11.4. The molecule has 0 bridgehead atoms. The van der Waals surface area contributed by atoms with Gasteiger partial charge >= 0.3 is 0 Å². The molecule has 1 fully saturated rings. The number of carbonyl (C=O) groups is 3. The van der Waals surface area contributed by atoms with Crippen LogP contribution >= 0.6 is 12.4 Å². The molecule has 3 amide bonds. The minimum atomic E-state index is -2.70. The number of aliphatic hydroxyl groups excluding tert-OH is 1. The third kappa shape index (κ3) is 7.71. The SMILES string of the molecule is CN(C)C(=O)[C@@H](NC(=O)CNC(=O)C(O)C(N)CC1CC(F)(F)C1)c1ccccc1.Cl. The lowest BCUT2D eigenvalue weighted by molar-refractivity contribution is -0.136. The molecule has 0 heterocycles. The summed E-state index contributed by atoms with van der Waals surface area (Å²) < 4.78 is 25.8. The predicted molar refractivity (Wildman–Crippen MR) is 113 cm³/mol. The fourth-order valence-electron chi connectivity index (χ4n) is 3.34. The molecule has 1 aliphatic carbocycles. The van der Waals surface area contributed by atoms with Gasteiger partial charge in [-0.05, 0) is 17.9 Å². The Morgan fingerprint density at radius 1 is 1.23 bits per heavy atom. The van der Waals surface area contributed by atoms with Crippen LogP contribution in [0.2, 0.25) is 0 Å². The van der Waals surface area contributed by atoms with Crippen LogP contribution in [0.25, 0.3) is 0 Å². The van der Waals surface area contributed by atoms with Crippen LogP contribution in [0, 0.1) is 5.92 Å². The molecule has 1 saturated carbocycles. The zero-order chi connectivity index (χ0) is 22.5. The summed E-state index contributed by atoms with van der Waals surface area (Å²) in [5.41, 5.74) is 6.33. The maximum Gasteiger partial charge on any atom is 0.250 e. The first kappa shape index (κ1) is 26.7. The Hall–Kier alpha value is -2.30. The van der Waals surface area contributed by atoms with Crippen molar-refractivity contribution in [3.05, 3.63) is 35.9 Å². The summed E-state index contributed by atoms with van der Waals surface area (Å²) in [6.45, 7) is -0.478. The molecule has 0 spiro atoms. The van der Waals surface area contributed by atoms with Gasteiger partial charge in [0.1, 0.15) is 12.1 Å². The summed E-state index contributed by atoms with van der Waals surface area (Å²) in [4.78, 5) is 38.1. The average Bonchev–Trinajstić information content (AvgIpc) is 2.68. The Labute approximate surface area is 185 Å². The van der Waals surface area contributed by atoms with Crippen molar-refractivity contribution in [1.82, 2.24) is 15.5 Å². The van der Waals surface area contributed by atoms with E-state index in [0.717, 1.165) is 0 Å². The van der Waals surface area contributed by atoms with Crippen molar-refractivity contribution in [2.45, 2.75) is 43.4 Å². The highest BCUT2D eigenvalue weighted by Gasteiger charge is 2.46. The molecule has 1 aliphatic rings. The van der Waals surface area contributed by atoms with Gasteiger partial charge in [0.15, 0.2) is 0 Å². The standard InChI is InChI=1S/C20H28F2N4O4.ClH/c1-26(2)19(30)16(13-6-4-3-5-7-13)25-15(27)11-24-18(29)17(28)14(23)8-12-9-20(21,22)10-12;/h3-7,12,14,16-17,28H,8-11,23H2,1-2H3,(H,24,29)(H,25,27);1H/t14?,16-,17?;/m0./s1. The highest BCUT2D eigenvalue weighted by molar-refractivity contribution is 5.91. The van der Waals surface area contributed by atoms with Crippen LogP contribution in [0.5, 0.6) is 0 Å². The molecular weight excluding hydrogens is 434 g/mol. The molecule has 0 aliphatic heterocycles. The fourth-order valence-corrected chi connectivity index (χ4v) is 3.34. The van der Waals surface area contributed by atoms with Gasteiger partial charge in [-0.1, -0.05) is 30.3 Å². The van der Waals surface area contributed by atoms with Gasteiger partial charge in [-0.3, -0.25) is 14.4 Å². The summed E-state index contributed by atoms with van der Waals surface area (Å²) in [6, 6.07) is 6.68. The number of aliphatic hydroxyl groups is 1. The first-order chi connectivity index (χ1) is 14.0. The zero-order valence-corrected chi connectivity index (χ0v) is 18.2. The van der Waals surface area contributed by atoms with E-state index in [0.29, 0.717) is 5.56 Å². The lowest BCUT2D eigenvalue weighted by Crippen LogP contribution is -2.51. The molecule has 8 nitrogen and oxygen atoms in total. The summed E-state index contributed by atoms with van der Waals surface area (Å²) in [7, 11) is 3.11. The number of nitrogens with one attached hydrogen (secondary N) is 2. The number of benzene rings is 1. The minimum Gasteiger partial charge on any atom is -0.382 e. The molecular formula is C20H29ClF2N4O4. The van der Waals surface area contributed by atoms with E-state index >= 15 is 0 Å². The fraction of sp³-hybridized carbons (Fsp3) is 0.550. The van der Waals surface area contributed by atoms with Crippen LogP contribution in [0.3, 0.4) is 0 Å². The highest BCUT2D eigenvalue weighted by atomic mass is 35.5. The van der Waals surface area contributed by atoms with E-state index in [4.69, 9.17) is 5.73 Å². The molecule has 1 aromatic carbocycles. The Bertz CT molecular complexity index is 759. The quantitative estimate of drug-likeness (QED) is 0.427. The number of hydrogen-bond acceptors (Lipinski definition) is 5. The van der Waals surface area contributed by atoms with Crippen LogP contribution < -0.4 is 16.4 Å². The molecule has 0 saturated heterocycles. The first-order valence-corrected chi connectivity index (χ1v) is 9.65. The van der Waals surface area contributed by atoms with Crippen LogP contribution in [0.1, 0.15) is 30.9 Å². The number of amides is 3. The largest absolute Gasteiger partial charge is 0.382 e. The molecule has 174 valence electrons. The van der Waals surface area contributed by atoms with E-state index < -0.39 is 42.5 Å². The second-order valence-corrected chi connectivity index (χ2v) is 7.84. The van der Waals surface area contributed by atoms with Gasteiger partial charge in [-0.2, -0.15) is 0 Å². The zero-order valence-electron chi connectivity index (χ0n) is 17.4. The highest BCUT2D eigenvalue weighted by Crippen LogP contribution is 2.44. The van der Waals surface area contributed by atoms with E-state index in [9.17, 15) is 28.3 Å². The van der Waals surface area contributed by atoms with Gasteiger partial charge in [0.25, 0.3) is 5.91 Å². The number of nitrogens with two attached hydrogens (primary N) is 1. The first-order valence-electron chi connectivity index (χ1n) is 9.65. The van der Waals surface area contributed by atoms with Crippen molar-refractivity contribution in [2.24, 2.45) is 11.7 Å². The van der Waals surface area contributed by atoms with Gasteiger partial charge in [0, 0.05) is 33.0 Å². The lowest BCUT2D eigenvalue weighted by Gasteiger charge is -2.36. The van der Waals surface area contributed by atoms with Crippen molar-refractivity contribution in [1.29, 1.82) is 0 Å². The van der Waals surface area contributed by atoms with Gasteiger partial charge in [-0.15, -0.1) is 12.4 Å². The van der Waals surface area contributed by atoms with Crippen LogP contribution in [-0.4, -0.2) is 66.4 Å². The van der Waals surface area contributed by atoms with Gasteiger partial charge in [0.2, 0.25) is 17.7 Å². The monoisotopic (exact) mass is 462 g/mol. The Morgan fingerprint density at radius 3 is 2.32 bits per heavy atom. The van der Waals surface area contributed by atoms with Crippen LogP contribution in [0.4, 0.5) is 8.78 Å². The van der Waals surface area contributed by atoms with E-state index in [1.807, 2.05) is 0 Å². The minimum absolute atomic E-state index is 0. The van der Waals surface area contributed by atoms with Gasteiger partial charge < -0.3 is 26.4 Å². The summed E-state index contributed by atoms with van der Waals surface area (Å²) >= 11 is 0. The normalized spacial score (nSPS) is 17.9. The van der Waals surface area contributed by atoms with E-state index in [-0.39, 0.29) is 43.5 Å². The van der Waals surface area contributed by atoms with Crippen LogP contribution in [-0.2, 0) is 14.4 Å². The Morgan fingerprint density at radius 2 is 1.81 bits per heavy atom. The average molecular weight is 463 g/mol. The molecule has 11 heteroatoms. The van der Waals surface area contributed by atoms with Gasteiger partial charge in [-0.25, -0.2) is 8.78 Å². The molecule has 31 heavy (non-hydrogen) atoms. The molecule has 3 atom stereocenters. The van der Waals surface area contributed by atoms with E-state index in [2.05, 4.69) is 10.6 Å². The van der Waals surface area contributed by atoms with Gasteiger partial charge in [0.05, 0.1) is 6.54 Å². The third-order valence-electron chi connectivity index (χ3n) is 5.00. The number of nitrogens with zero attached hydrogens (tertiary/aromatic N) is 1. The number of rotatable bonds is 9.